The Morgan fingerprint density at radius 3 is 2.58 bits per heavy atom. The minimum Gasteiger partial charge on any atom is -0.352 e. The van der Waals surface area contributed by atoms with Crippen LogP contribution in [0.15, 0.2) is 30.3 Å². The number of aryl methyl sites for hydroxylation is 1. The minimum atomic E-state index is 0.290. The Kier molecular flexibility index (Phi) is 4.33. The van der Waals surface area contributed by atoms with E-state index in [0.29, 0.717) is 6.04 Å². The van der Waals surface area contributed by atoms with Crippen molar-refractivity contribution in [1.29, 1.82) is 0 Å². The van der Waals surface area contributed by atoms with E-state index in [4.69, 9.17) is 11.6 Å². The van der Waals surface area contributed by atoms with Crippen molar-refractivity contribution in [3.8, 4) is 0 Å². The second-order valence-corrected chi connectivity index (χ2v) is 5.55. The van der Waals surface area contributed by atoms with Crippen LogP contribution in [0, 0.1) is 13.8 Å². The number of aromatic nitrogens is 1. The Bertz CT molecular complexity index is 572. The summed E-state index contributed by atoms with van der Waals surface area (Å²) < 4.78 is 2.22. The maximum absolute atomic E-state index is 6.02. The third-order valence-electron chi connectivity index (χ3n) is 3.83. The van der Waals surface area contributed by atoms with E-state index in [1.54, 1.807) is 0 Å². The van der Waals surface area contributed by atoms with Crippen molar-refractivity contribution in [3.05, 3.63) is 57.9 Å². The molecule has 2 nitrogen and oxygen atoms in total. The summed E-state index contributed by atoms with van der Waals surface area (Å²) in [5, 5.41) is 4.34. The second kappa shape index (κ2) is 5.81. The van der Waals surface area contributed by atoms with E-state index in [9.17, 15) is 0 Å². The summed E-state index contributed by atoms with van der Waals surface area (Å²) in [5.74, 6) is 0. The molecule has 0 saturated heterocycles. The van der Waals surface area contributed by atoms with Gasteiger partial charge in [0, 0.05) is 36.0 Å². The first-order valence-corrected chi connectivity index (χ1v) is 6.97. The molecule has 1 N–H and O–H groups in total. The predicted molar refractivity (Wildman–Crippen MR) is 81.6 cm³/mol. The molecule has 0 aliphatic rings. The molecular weight excluding hydrogens is 256 g/mol. The summed E-state index contributed by atoms with van der Waals surface area (Å²) in [6, 6.07) is 10.6. The van der Waals surface area contributed by atoms with Gasteiger partial charge in [-0.25, -0.2) is 0 Å². The average Bonchev–Trinajstić information content (AvgIpc) is 2.63. The lowest BCUT2D eigenvalue weighted by atomic mass is 10.1. The molecule has 1 heterocycles. The minimum absolute atomic E-state index is 0.290. The zero-order valence-electron chi connectivity index (χ0n) is 12.0. The number of hydrogen-bond acceptors (Lipinski definition) is 1. The van der Waals surface area contributed by atoms with Crippen LogP contribution in [0.5, 0.6) is 0 Å². The maximum Gasteiger partial charge on any atom is 0.0409 e. The molecular formula is C16H21ClN2. The average molecular weight is 277 g/mol. The fourth-order valence-electron chi connectivity index (χ4n) is 2.27. The number of benzene rings is 1. The molecule has 1 atom stereocenters. The normalized spacial score (nSPS) is 12.7. The summed E-state index contributed by atoms with van der Waals surface area (Å²) in [6.07, 6.45) is 0. The van der Waals surface area contributed by atoms with Crippen molar-refractivity contribution >= 4 is 11.6 Å². The van der Waals surface area contributed by atoms with Crippen LogP contribution in [0.2, 0.25) is 5.02 Å². The Morgan fingerprint density at radius 1 is 1.26 bits per heavy atom. The Hall–Kier alpha value is -1.25. The summed E-state index contributed by atoms with van der Waals surface area (Å²) in [5.41, 5.74) is 5.19. The molecule has 1 aromatic heterocycles. The molecule has 19 heavy (non-hydrogen) atoms. The highest BCUT2D eigenvalue weighted by Crippen LogP contribution is 2.19. The van der Waals surface area contributed by atoms with Gasteiger partial charge in [0.1, 0.15) is 0 Å². The van der Waals surface area contributed by atoms with Crippen molar-refractivity contribution in [3.63, 3.8) is 0 Å². The lowest BCUT2D eigenvalue weighted by molar-refractivity contribution is 0.572. The van der Waals surface area contributed by atoms with Crippen LogP contribution < -0.4 is 5.32 Å². The van der Waals surface area contributed by atoms with Crippen molar-refractivity contribution in [2.24, 2.45) is 7.05 Å². The van der Waals surface area contributed by atoms with Gasteiger partial charge in [-0.15, -0.1) is 0 Å². The van der Waals surface area contributed by atoms with E-state index in [1.807, 2.05) is 18.2 Å². The van der Waals surface area contributed by atoms with Gasteiger partial charge < -0.3 is 9.88 Å². The van der Waals surface area contributed by atoms with Gasteiger partial charge in [0.2, 0.25) is 0 Å². The molecule has 3 heteroatoms. The van der Waals surface area contributed by atoms with Crippen LogP contribution in [0.25, 0.3) is 0 Å². The first-order valence-electron chi connectivity index (χ1n) is 6.59. The van der Waals surface area contributed by atoms with Crippen LogP contribution in [0.3, 0.4) is 0 Å². The zero-order valence-corrected chi connectivity index (χ0v) is 12.8. The fraction of sp³-hybridized carbons (Fsp3) is 0.375. The van der Waals surface area contributed by atoms with Gasteiger partial charge in [-0.1, -0.05) is 23.7 Å². The van der Waals surface area contributed by atoms with Gasteiger partial charge in [-0.2, -0.15) is 0 Å². The molecule has 0 aliphatic carbocycles. The Labute approximate surface area is 120 Å². The zero-order chi connectivity index (χ0) is 14.0. The number of halogens is 1. The van der Waals surface area contributed by atoms with Crippen LogP contribution >= 0.6 is 11.6 Å². The molecule has 1 aromatic carbocycles. The summed E-state index contributed by atoms with van der Waals surface area (Å²) in [4.78, 5) is 0. The monoisotopic (exact) mass is 276 g/mol. The first-order chi connectivity index (χ1) is 8.99. The molecule has 0 amide bonds. The van der Waals surface area contributed by atoms with E-state index in [-0.39, 0.29) is 0 Å². The van der Waals surface area contributed by atoms with Crippen molar-refractivity contribution < 1.29 is 0 Å². The molecule has 0 saturated carbocycles. The third kappa shape index (κ3) is 3.20. The summed E-state index contributed by atoms with van der Waals surface area (Å²) >= 11 is 6.02. The number of rotatable bonds is 4. The molecule has 0 spiro atoms. The predicted octanol–water partition coefficient (Wildman–Crippen LogP) is 4.15. The molecule has 0 fully saturated rings. The molecule has 0 unspecified atom stereocenters. The van der Waals surface area contributed by atoms with Crippen LogP contribution in [0.4, 0.5) is 0 Å². The van der Waals surface area contributed by atoms with Crippen LogP contribution in [-0.2, 0) is 13.6 Å². The van der Waals surface area contributed by atoms with Gasteiger partial charge in [0.05, 0.1) is 0 Å². The van der Waals surface area contributed by atoms with Crippen molar-refractivity contribution in [2.45, 2.75) is 33.4 Å². The number of hydrogen-bond donors (Lipinski definition) is 1. The van der Waals surface area contributed by atoms with Crippen LogP contribution in [-0.4, -0.2) is 4.57 Å². The maximum atomic E-state index is 6.02. The molecule has 0 aliphatic heterocycles. The van der Waals surface area contributed by atoms with Gasteiger partial charge in [-0.3, -0.25) is 0 Å². The topological polar surface area (TPSA) is 17.0 Å². The van der Waals surface area contributed by atoms with E-state index >= 15 is 0 Å². The number of nitrogens with one attached hydrogen (secondary N) is 1. The van der Waals surface area contributed by atoms with Gasteiger partial charge >= 0.3 is 0 Å². The summed E-state index contributed by atoms with van der Waals surface area (Å²) in [6.45, 7) is 7.34. The smallest absolute Gasteiger partial charge is 0.0409 e. The second-order valence-electron chi connectivity index (χ2n) is 5.11. The van der Waals surface area contributed by atoms with E-state index < -0.39 is 0 Å². The fourth-order valence-corrected chi connectivity index (χ4v) is 2.47. The van der Waals surface area contributed by atoms with Crippen molar-refractivity contribution in [1.82, 2.24) is 9.88 Å². The quantitative estimate of drug-likeness (QED) is 0.888. The SMILES string of the molecule is Cc1cc(CN[C@@H](C)c2cccc(Cl)c2)c(C)n1C. The lowest BCUT2D eigenvalue weighted by Crippen LogP contribution is -2.18. The van der Waals surface area contributed by atoms with Crippen LogP contribution in [0.1, 0.15) is 35.5 Å². The molecule has 2 rings (SSSR count). The van der Waals surface area contributed by atoms with E-state index in [2.05, 4.69) is 49.8 Å². The van der Waals surface area contributed by atoms with Gasteiger partial charge in [-0.05, 0) is 50.1 Å². The molecule has 0 radical (unpaired) electrons. The third-order valence-corrected chi connectivity index (χ3v) is 4.06. The highest BCUT2D eigenvalue weighted by atomic mass is 35.5. The highest BCUT2D eigenvalue weighted by Gasteiger charge is 2.09. The largest absolute Gasteiger partial charge is 0.352 e. The Morgan fingerprint density at radius 2 is 2.00 bits per heavy atom. The molecule has 0 bridgehead atoms. The summed E-state index contributed by atoms with van der Waals surface area (Å²) in [7, 11) is 2.11. The van der Waals surface area contributed by atoms with Gasteiger partial charge in [0.15, 0.2) is 0 Å². The highest BCUT2D eigenvalue weighted by molar-refractivity contribution is 6.30. The standard InChI is InChI=1S/C16H21ClN2/c1-11-8-15(13(3)19(11)4)10-18-12(2)14-6-5-7-16(17)9-14/h5-9,12,18H,10H2,1-4H3/t12-/m0/s1. The number of nitrogens with zero attached hydrogens (tertiary/aromatic N) is 1. The van der Waals surface area contributed by atoms with E-state index in [0.717, 1.165) is 11.6 Å². The lowest BCUT2D eigenvalue weighted by Gasteiger charge is -2.14. The molecule has 102 valence electrons. The first kappa shape index (κ1) is 14.2. The molecule has 2 aromatic rings. The van der Waals surface area contributed by atoms with E-state index in [1.165, 1.54) is 22.5 Å². The Balaban J connectivity index is 2.04. The van der Waals surface area contributed by atoms with Gasteiger partial charge in [0.25, 0.3) is 0 Å². The van der Waals surface area contributed by atoms with Crippen molar-refractivity contribution in [2.75, 3.05) is 0 Å².